The molecular weight excluding hydrogens is 266 g/mol. The number of aliphatic hydroxyl groups excluding tert-OH is 1. The van der Waals surface area contributed by atoms with Gasteiger partial charge in [0, 0.05) is 25.2 Å². The fourth-order valence-corrected chi connectivity index (χ4v) is 2.50. The van der Waals surface area contributed by atoms with E-state index in [9.17, 15) is 9.90 Å². The molecule has 0 radical (unpaired) electrons. The minimum Gasteiger partial charge on any atom is -0.393 e. The van der Waals surface area contributed by atoms with Crippen LogP contribution >= 0.6 is 0 Å². The van der Waals surface area contributed by atoms with E-state index in [-0.39, 0.29) is 22.8 Å². The second-order valence-corrected chi connectivity index (χ2v) is 7.72. The van der Waals surface area contributed by atoms with Gasteiger partial charge >= 0.3 is 0 Å². The van der Waals surface area contributed by atoms with Crippen molar-refractivity contribution >= 4 is 5.91 Å². The monoisotopic (exact) mass is 295 g/mol. The predicted molar refractivity (Wildman–Crippen MR) is 84.3 cm³/mol. The lowest BCUT2D eigenvalue weighted by Gasteiger charge is -2.26. The van der Waals surface area contributed by atoms with Crippen LogP contribution in [0.25, 0.3) is 0 Å². The molecule has 1 aromatic heterocycles. The number of rotatable bonds is 5. The molecule has 1 amide bonds. The average molecular weight is 295 g/mol. The van der Waals surface area contributed by atoms with Gasteiger partial charge in [0.05, 0.1) is 17.4 Å². The molecule has 0 aliphatic heterocycles. The van der Waals surface area contributed by atoms with Crippen LogP contribution in [-0.2, 0) is 12.5 Å². The molecular formula is C16H29N3O2. The average Bonchev–Trinajstić information content (AvgIpc) is 2.66. The quantitative estimate of drug-likeness (QED) is 0.875. The van der Waals surface area contributed by atoms with Gasteiger partial charge in [-0.2, -0.15) is 5.10 Å². The van der Waals surface area contributed by atoms with Crippen molar-refractivity contribution in [2.24, 2.45) is 12.5 Å². The highest BCUT2D eigenvalue weighted by Gasteiger charge is 2.27. The molecule has 0 aliphatic carbocycles. The number of amides is 1. The van der Waals surface area contributed by atoms with E-state index >= 15 is 0 Å². The predicted octanol–water partition coefficient (Wildman–Crippen LogP) is 2.24. The molecule has 1 heterocycles. The van der Waals surface area contributed by atoms with Gasteiger partial charge in [-0.3, -0.25) is 9.48 Å². The molecule has 0 fully saturated rings. The Kier molecular flexibility index (Phi) is 5.20. The highest BCUT2D eigenvalue weighted by atomic mass is 16.3. The summed E-state index contributed by atoms with van der Waals surface area (Å²) in [7, 11) is 1.82. The Balaban J connectivity index is 2.82. The molecule has 1 unspecified atom stereocenters. The number of hydrogen-bond acceptors (Lipinski definition) is 3. The maximum Gasteiger partial charge on any atom is 0.254 e. The van der Waals surface area contributed by atoms with Crippen LogP contribution < -0.4 is 5.32 Å². The second kappa shape index (κ2) is 6.18. The first-order valence-corrected chi connectivity index (χ1v) is 7.43. The van der Waals surface area contributed by atoms with E-state index in [4.69, 9.17) is 0 Å². The summed E-state index contributed by atoms with van der Waals surface area (Å²) in [4.78, 5) is 12.4. The first-order valence-electron chi connectivity index (χ1n) is 7.43. The lowest BCUT2D eigenvalue weighted by Crippen LogP contribution is -2.36. The van der Waals surface area contributed by atoms with Crippen LogP contribution in [0.4, 0.5) is 0 Å². The van der Waals surface area contributed by atoms with Gasteiger partial charge in [-0.25, -0.2) is 0 Å². The molecule has 2 N–H and O–H groups in total. The van der Waals surface area contributed by atoms with Gasteiger partial charge < -0.3 is 10.4 Å². The Labute approximate surface area is 127 Å². The van der Waals surface area contributed by atoms with Crippen LogP contribution in [0.2, 0.25) is 0 Å². The largest absolute Gasteiger partial charge is 0.393 e. The zero-order valence-electron chi connectivity index (χ0n) is 14.3. The summed E-state index contributed by atoms with van der Waals surface area (Å²) in [5.74, 6) is -0.105. The van der Waals surface area contributed by atoms with Crippen molar-refractivity contribution in [1.82, 2.24) is 15.1 Å². The van der Waals surface area contributed by atoms with Crippen LogP contribution in [0.5, 0.6) is 0 Å². The Morgan fingerprint density at radius 2 is 1.95 bits per heavy atom. The van der Waals surface area contributed by atoms with Crippen LogP contribution in [0.3, 0.4) is 0 Å². The van der Waals surface area contributed by atoms with Crippen molar-refractivity contribution in [3.8, 4) is 0 Å². The van der Waals surface area contributed by atoms with Crippen molar-refractivity contribution < 1.29 is 9.90 Å². The number of nitrogens with one attached hydrogen (secondary N) is 1. The third kappa shape index (κ3) is 5.16. The van der Waals surface area contributed by atoms with Gasteiger partial charge in [-0.05, 0) is 18.8 Å². The summed E-state index contributed by atoms with van der Waals surface area (Å²) in [5.41, 5.74) is 1.10. The van der Waals surface area contributed by atoms with Gasteiger partial charge in [0.25, 0.3) is 5.91 Å². The van der Waals surface area contributed by atoms with Crippen LogP contribution in [-0.4, -0.2) is 33.4 Å². The maximum atomic E-state index is 12.4. The first kappa shape index (κ1) is 17.7. The van der Waals surface area contributed by atoms with E-state index in [1.54, 1.807) is 17.8 Å². The smallest absolute Gasteiger partial charge is 0.254 e. The number of aliphatic hydroxyl groups is 1. The summed E-state index contributed by atoms with van der Waals surface area (Å²) < 4.78 is 1.68. The van der Waals surface area contributed by atoms with Gasteiger partial charge in [0.1, 0.15) is 0 Å². The molecule has 0 bridgehead atoms. The SMILES string of the molecule is CC(O)CC(C)(C)CNC(=O)c1cn(C)nc1C(C)(C)C. The summed E-state index contributed by atoms with van der Waals surface area (Å²) >= 11 is 0. The lowest BCUT2D eigenvalue weighted by molar-refractivity contribution is 0.0900. The van der Waals surface area contributed by atoms with Gasteiger partial charge in [-0.1, -0.05) is 34.6 Å². The molecule has 21 heavy (non-hydrogen) atoms. The van der Waals surface area contributed by atoms with E-state index in [1.165, 1.54) is 0 Å². The number of carbonyl (C=O) groups excluding carboxylic acids is 1. The summed E-state index contributed by atoms with van der Waals surface area (Å²) in [6, 6.07) is 0. The lowest BCUT2D eigenvalue weighted by atomic mass is 9.86. The number of aromatic nitrogens is 2. The fraction of sp³-hybridized carbons (Fsp3) is 0.750. The van der Waals surface area contributed by atoms with Gasteiger partial charge in [0.15, 0.2) is 0 Å². The zero-order chi connectivity index (χ0) is 16.4. The molecule has 1 rings (SSSR count). The molecule has 1 aromatic rings. The van der Waals surface area contributed by atoms with Gasteiger partial charge in [-0.15, -0.1) is 0 Å². The van der Waals surface area contributed by atoms with E-state index in [0.29, 0.717) is 18.5 Å². The Morgan fingerprint density at radius 3 is 2.43 bits per heavy atom. The fourth-order valence-electron chi connectivity index (χ4n) is 2.50. The summed E-state index contributed by atoms with van der Waals surface area (Å²) in [6.45, 7) is 12.5. The zero-order valence-corrected chi connectivity index (χ0v) is 14.3. The molecule has 5 heteroatoms. The molecule has 0 aliphatic rings. The summed E-state index contributed by atoms with van der Waals surface area (Å²) in [5, 5.41) is 16.9. The normalized spacial score (nSPS) is 14.1. The van der Waals surface area contributed by atoms with Crippen molar-refractivity contribution in [2.75, 3.05) is 6.54 Å². The van der Waals surface area contributed by atoms with E-state index < -0.39 is 0 Å². The topological polar surface area (TPSA) is 67.2 Å². The first-order chi connectivity index (χ1) is 9.42. The van der Waals surface area contributed by atoms with E-state index in [0.717, 1.165) is 5.69 Å². The third-order valence-corrected chi connectivity index (χ3v) is 3.36. The standard InChI is InChI=1S/C16H29N3O2/c1-11(20)8-16(5,6)10-17-14(21)12-9-19(7)18-13(12)15(2,3)4/h9,11,20H,8,10H2,1-7H3,(H,17,21). The molecule has 0 saturated carbocycles. The minimum atomic E-state index is -0.375. The Morgan fingerprint density at radius 1 is 1.38 bits per heavy atom. The highest BCUT2D eigenvalue weighted by Crippen LogP contribution is 2.25. The number of nitrogens with zero attached hydrogens (tertiary/aromatic N) is 2. The minimum absolute atomic E-state index is 0.105. The maximum absolute atomic E-state index is 12.4. The van der Waals surface area contributed by atoms with Crippen molar-refractivity contribution in [3.63, 3.8) is 0 Å². The van der Waals surface area contributed by atoms with Gasteiger partial charge in [0.2, 0.25) is 0 Å². The Bertz CT molecular complexity index is 496. The number of carbonyl (C=O) groups is 1. The van der Waals surface area contributed by atoms with E-state index in [2.05, 4.69) is 10.4 Å². The molecule has 0 aromatic carbocycles. The van der Waals surface area contributed by atoms with Crippen LogP contribution in [0.15, 0.2) is 6.20 Å². The van der Waals surface area contributed by atoms with Crippen molar-refractivity contribution in [2.45, 2.75) is 59.5 Å². The molecule has 0 saturated heterocycles. The van der Waals surface area contributed by atoms with E-state index in [1.807, 2.05) is 41.7 Å². The third-order valence-electron chi connectivity index (χ3n) is 3.36. The Hall–Kier alpha value is -1.36. The number of aryl methyl sites for hydroxylation is 1. The van der Waals surface area contributed by atoms with Crippen LogP contribution in [0.1, 0.15) is 64.0 Å². The second-order valence-electron chi connectivity index (χ2n) is 7.72. The number of hydrogen-bond donors (Lipinski definition) is 2. The van der Waals surface area contributed by atoms with Crippen molar-refractivity contribution in [3.05, 3.63) is 17.5 Å². The molecule has 0 spiro atoms. The van der Waals surface area contributed by atoms with Crippen molar-refractivity contribution in [1.29, 1.82) is 0 Å². The molecule has 1 atom stereocenters. The molecule has 5 nitrogen and oxygen atoms in total. The summed E-state index contributed by atoms with van der Waals surface area (Å²) in [6.07, 6.45) is 2.03. The molecule has 120 valence electrons. The van der Waals surface area contributed by atoms with Crippen LogP contribution in [0, 0.1) is 5.41 Å². The highest BCUT2D eigenvalue weighted by molar-refractivity contribution is 5.95.